The van der Waals surface area contributed by atoms with Crippen molar-refractivity contribution in [2.45, 2.75) is 0 Å². The van der Waals surface area contributed by atoms with E-state index in [9.17, 15) is 0 Å². The van der Waals surface area contributed by atoms with Gasteiger partial charge in [0, 0.05) is 16.7 Å². The predicted molar refractivity (Wildman–Crippen MR) is 225 cm³/mol. The lowest BCUT2D eigenvalue weighted by Crippen LogP contribution is -2.00. The number of hydrogen-bond donors (Lipinski definition) is 0. The maximum Gasteiger partial charge on any atom is 0.164 e. The van der Waals surface area contributed by atoms with E-state index in [1.807, 2.05) is 60.7 Å². The molecule has 0 aliphatic carbocycles. The fourth-order valence-corrected chi connectivity index (χ4v) is 7.55. The Morgan fingerprint density at radius 3 is 0.833 bits per heavy atom. The Morgan fingerprint density at radius 1 is 0.185 bits per heavy atom. The Hall–Kier alpha value is -7.23. The number of nitrogens with zero attached hydrogens (tertiary/aromatic N) is 3. The molecular weight excluding hydrogens is 655 g/mol. The first-order chi connectivity index (χ1) is 26.7. The Kier molecular flexibility index (Phi) is 7.81. The summed E-state index contributed by atoms with van der Waals surface area (Å²) in [7, 11) is 0. The molecule has 0 N–H and O–H groups in total. The zero-order valence-corrected chi connectivity index (χ0v) is 29.4. The molecule has 1 aromatic heterocycles. The first kappa shape index (κ1) is 31.5. The van der Waals surface area contributed by atoms with Crippen molar-refractivity contribution in [1.29, 1.82) is 0 Å². The highest BCUT2D eigenvalue weighted by Gasteiger charge is 2.13. The second kappa shape index (κ2) is 13.4. The minimum absolute atomic E-state index is 0.651. The van der Waals surface area contributed by atoms with E-state index in [2.05, 4.69) is 140 Å². The van der Waals surface area contributed by atoms with Gasteiger partial charge in [0.05, 0.1) is 0 Å². The zero-order valence-electron chi connectivity index (χ0n) is 29.4. The van der Waals surface area contributed by atoms with E-state index < -0.39 is 0 Å². The van der Waals surface area contributed by atoms with Crippen molar-refractivity contribution in [3.8, 4) is 67.5 Å². The molecule has 0 saturated heterocycles. The van der Waals surface area contributed by atoms with Gasteiger partial charge in [-0.05, 0) is 71.8 Å². The minimum Gasteiger partial charge on any atom is -0.208 e. The summed E-state index contributed by atoms with van der Waals surface area (Å²) in [4.78, 5) is 14.6. The summed E-state index contributed by atoms with van der Waals surface area (Å²) in [5, 5.41) is 7.77. The van der Waals surface area contributed by atoms with Crippen molar-refractivity contribution < 1.29 is 0 Å². The van der Waals surface area contributed by atoms with Crippen LogP contribution in [0.25, 0.3) is 99.9 Å². The maximum absolute atomic E-state index is 4.89. The summed E-state index contributed by atoms with van der Waals surface area (Å²) in [5.41, 5.74) is 9.96. The van der Waals surface area contributed by atoms with E-state index in [0.717, 1.165) is 27.8 Å². The lowest BCUT2D eigenvalue weighted by molar-refractivity contribution is 1.07. The van der Waals surface area contributed by atoms with Gasteiger partial charge in [-0.3, -0.25) is 0 Å². The van der Waals surface area contributed by atoms with Crippen LogP contribution in [0, 0.1) is 0 Å². The Morgan fingerprint density at radius 2 is 0.444 bits per heavy atom. The number of benzene rings is 9. The molecule has 10 rings (SSSR count). The highest BCUT2D eigenvalue weighted by Crippen LogP contribution is 2.37. The molecule has 10 aromatic rings. The third-order valence-corrected chi connectivity index (χ3v) is 10.4. The number of rotatable bonds is 6. The molecule has 0 bridgehead atoms. The monoisotopic (exact) mass is 687 g/mol. The van der Waals surface area contributed by atoms with Crippen LogP contribution < -0.4 is 0 Å². The van der Waals surface area contributed by atoms with Gasteiger partial charge < -0.3 is 0 Å². The Balaban J connectivity index is 0.914. The van der Waals surface area contributed by atoms with Crippen molar-refractivity contribution in [3.05, 3.63) is 200 Å². The van der Waals surface area contributed by atoms with Gasteiger partial charge in [-0.2, -0.15) is 0 Å². The van der Waals surface area contributed by atoms with E-state index >= 15 is 0 Å². The molecule has 0 aliphatic rings. The first-order valence-corrected chi connectivity index (χ1v) is 18.3. The van der Waals surface area contributed by atoms with Crippen LogP contribution >= 0.6 is 0 Å². The number of hydrogen-bond acceptors (Lipinski definition) is 3. The molecule has 0 atom stereocenters. The Labute approximate surface area is 313 Å². The Bertz CT molecular complexity index is 2840. The van der Waals surface area contributed by atoms with Gasteiger partial charge in [-0.25, -0.2) is 15.0 Å². The maximum atomic E-state index is 4.89. The molecule has 1 heterocycles. The first-order valence-electron chi connectivity index (χ1n) is 18.3. The molecular formula is C51H33N3. The van der Waals surface area contributed by atoms with E-state index in [0.29, 0.717) is 17.5 Å². The van der Waals surface area contributed by atoms with Crippen LogP contribution in [0.3, 0.4) is 0 Å². The molecule has 252 valence electrons. The van der Waals surface area contributed by atoms with Gasteiger partial charge in [0.2, 0.25) is 0 Å². The fraction of sp³-hybridized carbons (Fsp3) is 0. The van der Waals surface area contributed by atoms with Crippen molar-refractivity contribution in [3.63, 3.8) is 0 Å². The average Bonchev–Trinajstić information content (AvgIpc) is 3.27. The van der Waals surface area contributed by atoms with Crippen molar-refractivity contribution >= 4 is 32.3 Å². The van der Waals surface area contributed by atoms with Gasteiger partial charge >= 0.3 is 0 Å². The standard InChI is InChI=1S/C51H33N3/c1-3-11-39(12-4-1)49-52-50(40-13-5-2-6-14-40)54-51(53-49)41-29-27-37(28-30-41)35-21-19-34(20-22-35)36-23-25-38(26-24-36)42-31-32-47-45-17-8-7-15-43(45)44-16-9-10-18-46(44)48(47)33-42/h1-33H. The average molecular weight is 688 g/mol. The van der Waals surface area contributed by atoms with Crippen molar-refractivity contribution in [1.82, 2.24) is 15.0 Å². The molecule has 0 amide bonds. The van der Waals surface area contributed by atoms with E-state index in [4.69, 9.17) is 15.0 Å². The summed E-state index contributed by atoms with van der Waals surface area (Å²) in [6.07, 6.45) is 0. The smallest absolute Gasteiger partial charge is 0.164 e. The summed E-state index contributed by atoms with van der Waals surface area (Å²) in [5.74, 6) is 1.97. The molecule has 3 nitrogen and oxygen atoms in total. The zero-order chi connectivity index (χ0) is 35.8. The third kappa shape index (κ3) is 5.78. The van der Waals surface area contributed by atoms with Gasteiger partial charge in [0.25, 0.3) is 0 Å². The molecule has 0 radical (unpaired) electrons. The second-order valence-electron chi connectivity index (χ2n) is 13.6. The fourth-order valence-electron chi connectivity index (χ4n) is 7.55. The van der Waals surface area contributed by atoms with Crippen LogP contribution in [-0.4, -0.2) is 15.0 Å². The quantitative estimate of drug-likeness (QED) is 0.163. The van der Waals surface area contributed by atoms with Crippen LogP contribution in [0.4, 0.5) is 0 Å². The highest BCUT2D eigenvalue weighted by molar-refractivity contribution is 6.25. The predicted octanol–water partition coefficient (Wildman–Crippen LogP) is 13.3. The van der Waals surface area contributed by atoms with Crippen LogP contribution in [0.2, 0.25) is 0 Å². The number of fused-ring (bicyclic) bond motifs is 6. The largest absolute Gasteiger partial charge is 0.208 e. The van der Waals surface area contributed by atoms with Gasteiger partial charge in [-0.15, -0.1) is 0 Å². The molecule has 3 heteroatoms. The topological polar surface area (TPSA) is 38.7 Å². The van der Waals surface area contributed by atoms with Gasteiger partial charge in [0.1, 0.15) is 0 Å². The summed E-state index contributed by atoms with van der Waals surface area (Å²) >= 11 is 0. The summed E-state index contributed by atoms with van der Waals surface area (Å²) < 4.78 is 0. The second-order valence-corrected chi connectivity index (χ2v) is 13.6. The third-order valence-electron chi connectivity index (χ3n) is 10.4. The summed E-state index contributed by atoms with van der Waals surface area (Å²) in [6, 6.07) is 70.7. The van der Waals surface area contributed by atoms with Crippen molar-refractivity contribution in [2.75, 3.05) is 0 Å². The van der Waals surface area contributed by atoms with Crippen LogP contribution in [0.1, 0.15) is 0 Å². The lowest BCUT2D eigenvalue weighted by atomic mass is 9.91. The van der Waals surface area contributed by atoms with Crippen LogP contribution in [0.15, 0.2) is 200 Å². The van der Waals surface area contributed by atoms with Gasteiger partial charge in [-0.1, -0.05) is 194 Å². The molecule has 0 aliphatic heterocycles. The molecule has 0 fully saturated rings. The number of aromatic nitrogens is 3. The molecule has 54 heavy (non-hydrogen) atoms. The normalized spacial score (nSPS) is 11.3. The minimum atomic E-state index is 0.651. The molecule has 0 saturated carbocycles. The SMILES string of the molecule is c1ccc(-c2nc(-c3ccccc3)nc(-c3ccc(-c4ccc(-c5ccc(-c6ccc7c8ccccc8c8ccccc8c7c6)cc5)cc4)cc3)n2)cc1. The van der Waals surface area contributed by atoms with Crippen LogP contribution in [-0.2, 0) is 0 Å². The van der Waals surface area contributed by atoms with E-state index in [-0.39, 0.29) is 0 Å². The molecule has 0 spiro atoms. The van der Waals surface area contributed by atoms with Crippen molar-refractivity contribution in [2.24, 2.45) is 0 Å². The van der Waals surface area contributed by atoms with Gasteiger partial charge in [0.15, 0.2) is 17.5 Å². The highest BCUT2D eigenvalue weighted by atomic mass is 15.0. The van der Waals surface area contributed by atoms with E-state index in [1.165, 1.54) is 54.6 Å². The van der Waals surface area contributed by atoms with E-state index in [1.54, 1.807) is 0 Å². The molecule has 0 unspecified atom stereocenters. The lowest BCUT2D eigenvalue weighted by Gasteiger charge is -2.12. The van der Waals surface area contributed by atoms with Crippen LogP contribution in [0.5, 0.6) is 0 Å². The molecule has 9 aromatic carbocycles. The summed E-state index contributed by atoms with van der Waals surface area (Å²) in [6.45, 7) is 0.